The predicted octanol–water partition coefficient (Wildman–Crippen LogP) is 7.89. The van der Waals surface area contributed by atoms with Crippen LogP contribution in [0.4, 0.5) is 22.7 Å². The van der Waals surface area contributed by atoms with Gasteiger partial charge in [0, 0.05) is 22.7 Å². The summed E-state index contributed by atoms with van der Waals surface area (Å²) in [5.41, 5.74) is 9.67. The molecular weight excluding hydrogens is 468 g/mol. The standard InChI is InChI=1S/C33H28N4O/c1-23-7-11-25(12-8-23)34-27-15-19-29(20-16-27)36-31-5-3-4-6-32(31)37(33(36)38)30-21-17-28(18-22-30)35-26-13-9-24(2)10-14-26/h3-22,34-35H,1-2H3. The Hall–Kier alpha value is -5.03. The van der Waals surface area contributed by atoms with Gasteiger partial charge in [0.1, 0.15) is 0 Å². The van der Waals surface area contributed by atoms with Gasteiger partial charge in [-0.15, -0.1) is 0 Å². The van der Waals surface area contributed by atoms with E-state index in [4.69, 9.17) is 0 Å². The zero-order valence-electron chi connectivity index (χ0n) is 21.3. The van der Waals surface area contributed by atoms with Crippen molar-refractivity contribution in [3.8, 4) is 11.4 Å². The number of hydrogen-bond acceptors (Lipinski definition) is 3. The molecule has 0 spiro atoms. The number of hydrogen-bond donors (Lipinski definition) is 2. The zero-order chi connectivity index (χ0) is 26.1. The lowest BCUT2D eigenvalue weighted by Gasteiger charge is -2.09. The third-order valence-corrected chi connectivity index (χ3v) is 6.68. The second-order valence-corrected chi connectivity index (χ2v) is 9.52. The van der Waals surface area contributed by atoms with Crippen LogP contribution in [0.2, 0.25) is 0 Å². The molecule has 0 aliphatic carbocycles. The van der Waals surface area contributed by atoms with Gasteiger partial charge in [-0.25, -0.2) is 4.79 Å². The normalized spacial score (nSPS) is 11.0. The van der Waals surface area contributed by atoms with Crippen LogP contribution in [-0.4, -0.2) is 9.13 Å². The van der Waals surface area contributed by atoms with Gasteiger partial charge in [-0.2, -0.15) is 0 Å². The Morgan fingerprint density at radius 1 is 0.447 bits per heavy atom. The molecule has 38 heavy (non-hydrogen) atoms. The maximum absolute atomic E-state index is 13.8. The van der Waals surface area contributed by atoms with Crippen LogP contribution in [0.3, 0.4) is 0 Å². The average molecular weight is 497 g/mol. The minimum Gasteiger partial charge on any atom is -0.356 e. The molecule has 5 heteroatoms. The van der Waals surface area contributed by atoms with E-state index in [1.54, 1.807) is 9.13 Å². The first kappa shape index (κ1) is 23.4. The molecule has 0 aliphatic rings. The molecule has 6 rings (SSSR count). The number of para-hydroxylation sites is 2. The summed E-state index contributed by atoms with van der Waals surface area (Å²) in [4.78, 5) is 13.8. The molecule has 2 N–H and O–H groups in total. The van der Waals surface area contributed by atoms with E-state index in [-0.39, 0.29) is 5.69 Å². The topological polar surface area (TPSA) is 51.0 Å². The lowest BCUT2D eigenvalue weighted by Crippen LogP contribution is -2.22. The quantitative estimate of drug-likeness (QED) is 0.247. The van der Waals surface area contributed by atoms with Gasteiger partial charge in [0.05, 0.1) is 22.4 Å². The van der Waals surface area contributed by atoms with Crippen LogP contribution < -0.4 is 16.3 Å². The van der Waals surface area contributed by atoms with Gasteiger partial charge in [-0.1, -0.05) is 47.5 Å². The van der Waals surface area contributed by atoms with E-state index < -0.39 is 0 Å². The molecule has 186 valence electrons. The Labute approximate surface area is 221 Å². The molecule has 6 aromatic rings. The van der Waals surface area contributed by atoms with Gasteiger partial charge in [-0.05, 0) is 98.8 Å². The molecule has 0 unspecified atom stereocenters. The number of aromatic nitrogens is 2. The molecule has 1 heterocycles. The number of anilines is 4. The van der Waals surface area contributed by atoms with Crippen molar-refractivity contribution in [2.75, 3.05) is 10.6 Å². The van der Waals surface area contributed by atoms with Crippen molar-refractivity contribution in [3.05, 3.63) is 143 Å². The number of nitrogens with one attached hydrogen (secondary N) is 2. The molecule has 0 bridgehead atoms. The Balaban J connectivity index is 1.32. The molecule has 5 aromatic carbocycles. The van der Waals surface area contributed by atoms with E-state index in [1.807, 2.05) is 72.8 Å². The molecule has 5 nitrogen and oxygen atoms in total. The fourth-order valence-corrected chi connectivity index (χ4v) is 4.64. The lowest BCUT2D eigenvalue weighted by atomic mass is 10.2. The highest BCUT2D eigenvalue weighted by Crippen LogP contribution is 2.25. The largest absolute Gasteiger partial charge is 0.356 e. The van der Waals surface area contributed by atoms with E-state index in [1.165, 1.54) is 11.1 Å². The van der Waals surface area contributed by atoms with Gasteiger partial charge in [0.2, 0.25) is 0 Å². The van der Waals surface area contributed by atoms with Crippen LogP contribution in [-0.2, 0) is 0 Å². The van der Waals surface area contributed by atoms with Crippen LogP contribution in [0.5, 0.6) is 0 Å². The zero-order valence-corrected chi connectivity index (χ0v) is 21.3. The fourth-order valence-electron chi connectivity index (χ4n) is 4.64. The summed E-state index contributed by atoms with van der Waals surface area (Å²) in [6.07, 6.45) is 0. The first-order chi connectivity index (χ1) is 18.5. The molecule has 1 aromatic heterocycles. The van der Waals surface area contributed by atoms with Gasteiger partial charge in [0.15, 0.2) is 0 Å². The second kappa shape index (κ2) is 9.79. The first-order valence-corrected chi connectivity index (χ1v) is 12.7. The van der Waals surface area contributed by atoms with Crippen molar-refractivity contribution >= 4 is 33.8 Å². The third kappa shape index (κ3) is 4.58. The summed E-state index contributed by atoms with van der Waals surface area (Å²) in [7, 11) is 0. The summed E-state index contributed by atoms with van der Waals surface area (Å²) >= 11 is 0. The highest BCUT2D eigenvalue weighted by Gasteiger charge is 2.16. The van der Waals surface area contributed by atoms with Crippen molar-refractivity contribution in [1.29, 1.82) is 0 Å². The SMILES string of the molecule is Cc1ccc(Nc2ccc(-n3c(=O)n(-c4ccc(Nc5ccc(C)cc5)cc4)c4ccccc43)cc2)cc1. The Morgan fingerprint density at radius 2 is 0.763 bits per heavy atom. The van der Waals surface area contributed by atoms with Crippen molar-refractivity contribution < 1.29 is 0 Å². The second-order valence-electron chi connectivity index (χ2n) is 9.52. The van der Waals surface area contributed by atoms with Crippen LogP contribution in [0.25, 0.3) is 22.4 Å². The summed E-state index contributed by atoms with van der Waals surface area (Å²) in [6.45, 7) is 4.15. The predicted molar refractivity (Wildman–Crippen MR) is 158 cm³/mol. The van der Waals surface area contributed by atoms with Crippen molar-refractivity contribution in [2.24, 2.45) is 0 Å². The maximum Gasteiger partial charge on any atom is 0.338 e. The Morgan fingerprint density at radius 3 is 1.11 bits per heavy atom. The highest BCUT2D eigenvalue weighted by atomic mass is 16.1. The van der Waals surface area contributed by atoms with E-state index in [0.29, 0.717) is 0 Å². The third-order valence-electron chi connectivity index (χ3n) is 6.68. The number of aryl methyl sites for hydroxylation is 2. The Kier molecular flexibility index (Phi) is 6.02. The number of fused-ring (bicyclic) bond motifs is 1. The number of imidazole rings is 1. The maximum atomic E-state index is 13.8. The van der Waals surface area contributed by atoms with Gasteiger partial charge in [0.25, 0.3) is 0 Å². The highest BCUT2D eigenvalue weighted by molar-refractivity contribution is 5.80. The van der Waals surface area contributed by atoms with Crippen molar-refractivity contribution in [3.63, 3.8) is 0 Å². The van der Waals surface area contributed by atoms with Crippen LogP contribution in [0.15, 0.2) is 126 Å². The Bertz CT molecular complexity index is 1630. The molecule has 0 amide bonds. The number of rotatable bonds is 6. The fraction of sp³-hybridized carbons (Fsp3) is 0.0606. The molecule has 0 atom stereocenters. The average Bonchev–Trinajstić information content (AvgIpc) is 3.24. The molecular formula is C33H28N4O. The lowest BCUT2D eigenvalue weighted by molar-refractivity contribution is 0.931. The number of benzene rings is 5. The van der Waals surface area contributed by atoms with Gasteiger partial charge >= 0.3 is 5.69 Å². The summed E-state index contributed by atoms with van der Waals surface area (Å²) in [6, 6.07) is 40.3. The van der Waals surface area contributed by atoms with E-state index in [0.717, 1.165) is 45.2 Å². The summed E-state index contributed by atoms with van der Waals surface area (Å²) in [5.74, 6) is 0. The molecule has 0 saturated heterocycles. The monoisotopic (exact) mass is 496 g/mol. The molecule has 0 radical (unpaired) electrons. The van der Waals surface area contributed by atoms with Crippen molar-refractivity contribution in [1.82, 2.24) is 9.13 Å². The molecule has 0 saturated carbocycles. The first-order valence-electron chi connectivity index (χ1n) is 12.7. The molecule has 0 fully saturated rings. The van der Waals surface area contributed by atoms with E-state index >= 15 is 0 Å². The van der Waals surface area contributed by atoms with E-state index in [9.17, 15) is 4.79 Å². The van der Waals surface area contributed by atoms with Gasteiger partial charge in [-0.3, -0.25) is 9.13 Å². The minimum atomic E-state index is -0.107. The van der Waals surface area contributed by atoms with Crippen LogP contribution >= 0.6 is 0 Å². The van der Waals surface area contributed by atoms with Gasteiger partial charge < -0.3 is 10.6 Å². The summed E-state index contributed by atoms with van der Waals surface area (Å²) < 4.78 is 3.53. The van der Waals surface area contributed by atoms with Crippen LogP contribution in [0.1, 0.15) is 11.1 Å². The van der Waals surface area contributed by atoms with Crippen molar-refractivity contribution in [2.45, 2.75) is 13.8 Å². The summed E-state index contributed by atoms with van der Waals surface area (Å²) in [5, 5.41) is 6.84. The van der Waals surface area contributed by atoms with E-state index in [2.05, 4.69) is 73.0 Å². The minimum absolute atomic E-state index is 0.107. The number of nitrogens with zero attached hydrogens (tertiary/aromatic N) is 2. The smallest absolute Gasteiger partial charge is 0.338 e. The molecule has 0 aliphatic heterocycles. The van der Waals surface area contributed by atoms with Crippen LogP contribution in [0, 0.1) is 13.8 Å².